The number of anilines is 2. The summed E-state index contributed by atoms with van der Waals surface area (Å²) in [4.78, 5) is 19.1. The quantitative estimate of drug-likeness (QED) is 0.627. The predicted octanol–water partition coefficient (Wildman–Crippen LogP) is 3.85. The summed E-state index contributed by atoms with van der Waals surface area (Å²) >= 11 is 0. The first-order chi connectivity index (χ1) is 12.2. The normalized spacial score (nSPS) is 14.8. The Labute approximate surface area is 145 Å². The molecule has 132 valence electrons. The van der Waals surface area contributed by atoms with E-state index in [2.05, 4.69) is 15.3 Å². The summed E-state index contributed by atoms with van der Waals surface area (Å²) in [6, 6.07) is 7.13. The molecule has 8 heteroatoms. The summed E-state index contributed by atoms with van der Waals surface area (Å²) in [5.74, 6) is 0.643. The first-order valence-corrected chi connectivity index (χ1v) is 8.25. The SMILES string of the molecule is COc1ccccc1Nc1ncnc(OC2CCCCC2)c1[N+](=O)[O-]. The Morgan fingerprint density at radius 1 is 1.20 bits per heavy atom. The average molecular weight is 344 g/mol. The summed E-state index contributed by atoms with van der Waals surface area (Å²) in [5, 5.41) is 14.6. The van der Waals surface area contributed by atoms with Gasteiger partial charge in [-0.25, -0.2) is 4.98 Å². The zero-order valence-electron chi connectivity index (χ0n) is 14.0. The topological polar surface area (TPSA) is 99.4 Å². The van der Waals surface area contributed by atoms with Crippen LogP contribution in [0.4, 0.5) is 17.2 Å². The highest BCUT2D eigenvalue weighted by molar-refractivity contribution is 5.71. The lowest BCUT2D eigenvalue weighted by Gasteiger charge is -2.22. The maximum Gasteiger partial charge on any atom is 0.373 e. The minimum Gasteiger partial charge on any atom is -0.495 e. The van der Waals surface area contributed by atoms with Crippen molar-refractivity contribution in [2.24, 2.45) is 0 Å². The van der Waals surface area contributed by atoms with E-state index in [-0.39, 0.29) is 23.5 Å². The molecule has 25 heavy (non-hydrogen) atoms. The van der Waals surface area contributed by atoms with Crippen molar-refractivity contribution in [3.63, 3.8) is 0 Å². The third-order valence-electron chi connectivity index (χ3n) is 4.16. The van der Waals surface area contributed by atoms with E-state index in [1.54, 1.807) is 18.2 Å². The van der Waals surface area contributed by atoms with E-state index in [4.69, 9.17) is 9.47 Å². The molecule has 0 bridgehead atoms. The molecule has 0 spiro atoms. The van der Waals surface area contributed by atoms with Gasteiger partial charge in [-0.2, -0.15) is 4.98 Å². The summed E-state index contributed by atoms with van der Waals surface area (Å²) in [5.41, 5.74) is 0.314. The summed E-state index contributed by atoms with van der Waals surface area (Å²) in [6.07, 6.45) is 6.30. The molecule has 0 radical (unpaired) electrons. The third-order valence-corrected chi connectivity index (χ3v) is 4.16. The Morgan fingerprint density at radius 2 is 1.96 bits per heavy atom. The standard InChI is InChI=1S/C17H20N4O4/c1-24-14-10-6-5-9-13(14)20-16-15(21(22)23)17(19-11-18-16)25-12-7-3-2-4-8-12/h5-6,9-12H,2-4,7-8H2,1H3,(H,18,19,20). The lowest BCUT2D eigenvalue weighted by molar-refractivity contribution is -0.385. The van der Waals surface area contributed by atoms with E-state index in [1.165, 1.54) is 19.9 Å². The first kappa shape index (κ1) is 16.9. The van der Waals surface area contributed by atoms with Crippen molar-refractivity contribution in [2.45, 2.75) is 38.2 Å². The molecule has 0 saturated heterocycles. The number of hydrogen-bond donors (Lipinski definition) is 1. The van der Waals surface area contributed by atoms with Crippen molar-refractivity contribution in [1.29, 1.82) is 0 Å². The van der Waals surface area contributed by atoms with Crippen molar-refractivity contribution in [3.05, 3.63) is 40.7 Å². The number of nitrogens with one attached hydrogen (secondary N) is 1. The monoisotopic (exact) mass is 344 g/mol. The fourth-order valence-electron chi connectivity index (χ4n) is 2.92. The van der Waals surface area contributed by atoms with Gasteiger partial charge in [0.2, 0.25) is 5.82 Å². The van der Waals surface area contributed by atoms with E-state index in [9.17, 15) is 10.1 Å². The number of hydrogen-bond acceptors (Lipinski definition) is 7. The second kappa shape index (κ2) is 7.78. The van der Waals surface area contributed by atoms with Gasteiger partial charge in [0.15, 0.2) is 0 Å². The number of nitrogens with zero attached hydrogens (tertiary/aromatic N) is 3. The van der Waals surface area contributed by atoms with Crippen LogP contribution < -0.4 is 14.8 Å². The minimum atomic E-state index is -0.518. The molecule has 1 aromatic heterocycles. The summed E-state index contributed by atoms with van der Waals surface area (Å²) < 4.78 is 11.1. The van der Waals surface area contributed by atoms with Crippen molar-refractivity contribution in [2.75, 3.05) is 12.4 Å². The molecule has 0 unspecified atom stereocenters. The molecule has 1 N–H and O–H groups in total. The van der Waals surface area contributed by atoms with Crippen LogP contribution in [0, 0.1) is 10.1 Å². The van der Waals surface area contributed by atoms with Crippen molar-refractivity contribution < 1.29 is 14.4 Å². The van der Waals surface area contributed by atoms with Crippen molar-refractivity contribution >= 4 is 17.2 Å². The van der Waals surface area contributed by atoms with Crippen LogP contribution >= 0.6 is 0 Å². The molecule has 0 aliphatic heterocycles. The fraction of sp³-hybridized carbons (Fsp3) is 0.412. The van der Waals surface area contributed by atoms with Gasteiger partial charge in [0.25, 0.3) is 5.88 Å². The van der Waals surface area contributed by atoms with Crippen LogP contribution in [0.15, 0.2) is 30.6 Å². The Hall–Kier alpha value is -2.90. The zero-order valence-corrected chi connectivity index (χ0v) is 14.0. The van der Waals surface area contributed by atoms with Gasteiger partial charge in [-0.15, -0.1) is 0 Å². The van der Waals surface area contributed by atoms with Crippen LogP contribution in [-0.4, -0.2) is 28.1 Å². The Kier molecular flexibility index (Phi) is 5.27. The number of nitro groups is 1. The highest BCUT2D eigenvalue weighted by Crippen LogP contribution is 2.36. The van der Waals surface area contributed by atoms with E-state index in [1.807, 2.05) is 6.07 Å². The second-order valence-electron chi connectivity index (χ2n) is 5.84. The molecule has 8 nitrogen and oxygen atoms in total. The van der Waals surface area contributed by atoms with Crippen LogP contribution in [0.5, 0.6) is 11.6 Å². The fourth-order valence-corrected chi connectivity index (χ4v) is 2.92. The molecule has 1 heterocycles. The van der Waals surface area contributed by atoms with E-state index < -0.39 is 4.92 Å². The van der Waals surface area contributed by atoms with Crippen LogP contribution in [0.25, 0.3) is 0 Å². The van der Waals surface area contributed by atoms with Gasteiger partial charge in [0.1, 0.15) is 18.2 Å². The molecule has 0 amide bonds. The molecule has 1 fully saturated rings. The third kappa shape index (κ3) is 3.96. The predicted molar refractivity (Wildman–Crippen MR) is 92.5 cm³/mol. The van der Waals surface area contributed by atoms with Gasteiger partial charge >= 0.3 is 5.69 Å². The number of aromatic nitrogens is 2. The Morgan fingerprint density at radius 3 is 2.68 bits per heavy atom. The lowest BCUT2D eigenvalue weighted by atomic mass is 9.98. The second-order valence-corrected chi connectivity index (χ2v) is 5.84. The van der Waals surface area contributed by atoms with E-state index in [0.29, 0.717) is 11.4 Å². The van der Waals surface area contributed by atoms with Gasteiger partial charge in [-0.05, 0) is 37.8 Å². The van der Waals surface area contributed by atoms with Crippen LogP contribution in [0.3, 0.4) is 0 Å². The van der Waals surface area contributed by atoms with E-state index in [0.717, 1.165) is 25.7 Å². The van der Waals surface area contributed by atoms with Gasteiger partial charge in [0.05, 0.1) is 17.7 Å². The first-order valence-electron chi connectivity index (χ1n) is 8.25. The van der Waals surface area contributed by atoms with E-state index >= 15 is 0 Å². The molecule has 1 aliphatic carbocycles. The van der Waals surface area contributed by atoms with Crippen molar-refractivity contribution in [1.82, 2.24) is 9.97 Å². The number of para-hydroxylation sites is 2. The Balaban J connectivity index is 1.90. The van der Waals surface area contributed by atoms with Gasteiger partial charge in [0, 0.05) is 0 Å². The molecule has 0 atom stereocenters. The van der Waals surface area contributed by atoms with Crippen LogP contribution in [-0.2, 0) is 0 Å². The minimum absolute atomic E-state index is 0.00398. The zero-order chi connectivity index (χ0) is 17.6. The Bertz CT molecular complexity index is 747. The number of rotatable bonds is 6. The largest absolute Gasteiger partial charge is 0.495 e. The number of methoxy groups -OCH3 is 1. The molecule has 1 aliphatic rings. The molecule has 1 saturated carbocycles. The van der Waals surface area contributed by atoms with Crippen LogP contribution in [0.2, 0.25) is 0 Å². The smallest absolute Gasteiger partial charge is 0.373 e. The van der Waals surface area contributed by atoms with Gasteiger partial charge in [-0.3, -0.25) is 10.1 Å². The van der Waals surface area contributed by atoms with Gasteiger partial charge < -0.3 is 14.8 Å². The maximum absolute atomic E-state index is 11.6. The highest BCUT2D eigenvalue weighted by Gasteiger charge is 2.28. The number of ether oxygens (including phenoxy) is 2. The molecule has 3 rings (SSSR count). The molecule has 2 aromatic rings. The number of benzene rings is 1. The average Bonchev–Trinajstić information content (AvgIpc) is 2.63. The lowest BCUT2D eigenvalue weighted by Crippen LogP contribution is -2.21. The molecular formula is C17H20N4O4. The summed E-state index contributed by atoms with van der Waals surface area (Å²) in [6.45, 7) is 0. The molecular weight excluding hydrogens is 324 g/mol. The highest BCUT2D eigenvalue weighted by atomic mass is 16.6. The maximum atomic E-state index is 11.6. The molecule has 1 aromatic carbocycles. The van der Waals surface area contributed by atoms with Gasteiger partial charge in [-0.1, -0.05) is 18.6 Å². The van der Waals surface area contributed by atoms with Crippen molar-refractivity contribution in [3.8, 4) is 11.6 Å². The van der Waals surface area contributed by atoms with Crippen LogP contribution in [0.1, 0.15) is 32.1 Å². The summed E-state index contributed by atoms with van der Waals surface area (Å²) in [7, 11) is 1.53.